The zero-order chi connectivity index (χ0) is 22.3. The molecule has 0 saturated heterocycles. The Morgan fingerprint density at radius 3 is 2.65 bits per heavy atom. The first-order chi connectivity index (χ1) is 14.9. The van der Waals surface area contributed by atoms with Crippen LogP contribution in [0, 0.1) is 0 Å². The topological polar surface area (TPSA) is 87.0 Å². The van der Waals surface area contributed by atoms with Crippen molar-refractivity contribution in [2.24, 2.45) is 4.99 Å². The van der Waals surface area contributed by atoms with Crippen molar-refractivity contribution in [3.05, 3.63) is 58.9 Å². The molecule has 166 valence electrons. The van der Waals surface area contributed by atoms with Crippen LogP contribution in [0.25, 0.3) is 10.2 Å². The summed E-state index contributed by atoms with van der Waals surface area (Å²) in [6.07, 6.45) is -0.155. The Morgan fingerprint density at radius 2 is 1.94 bits per heavy atom. The van der Waals surface area contributed by atoms with Gasteiger partial charge in [0.1, 0.15) is 5.75 Å². The van der Waals surface area contributed by atoms with Crippen LogP contribution in [0.4, 0.5) is 0 Å². The summed E-state index contributed by atoms with van der Waals surface area (Å²) in [5.74, 6) is -0.0286. The Bertz CT molecular complexity index is 1200. The maximum atomic E-state index is 12.5. The summed E-state index contributed by atoms with van der Waals surface area (Å²) < 4.78 is 38.4. The van der Waals surface area contributed by atoms with Gasteiger partial charge in [0.2, 0.25) is 5.91 Å². The molecule has 1 heterocycles. The maximum absolute atomic E-state index is 12.5. The Kier molecular flexibility index (Phi) is 8.00. The number of carbonyl (C=O) groups excluding carboxylic acids is 1. The lowest BCUT2D eigenvalue weighted by Gasteiger charge is -2.06. The first-order valence-corrected chi connectivity index (χ1v) is 12.6. The van der Waals surface area contributed by atoms with Gasteiger partial charge in [-0.05, 0) is 30.7 Å². The van der Waals surface area contributed by atoms with E-state index in [1.54, 1.807) is 31.4 Å². The molecule has 3 rings (SSSR count). The highest BCUT2D eigenvalue weighted by molar-refractivity contribution is 7.90. The Balaban J connectivity index is 1.80. The molecule has 0 saturated carbocycles. The number of fused-ring (bicyclic) bond motifs is 1. The van der Waals surface area contributed by atoms with Crippen molar-refractivity contribution in [2.75, 3.05) is 26.1 Å². The number of ether oxygens (including phenoxy) is 2. The number of carbonyl (C=O) groups is 1. The van der Waals surface area contributed by atoms with Crippen molar-refractivity contribution in [1.82, 2.24) is 4.57 Å². The summed E-state index contributed by atoms with van der Waals surface area (Å²) in [5, 5.41) is 0. The van der Waals surface area contributed by atoms with Gasteiger partial charge in [0.25, 0.3) is 0 Å². The number of rotatable bonds is 10. The Labute approximate surface area is 185 Å². The van der Waals surface area contributed by atoms with Gasteiger partial charge < -0.3 is 14.0 Å². The van der Waals surface area contributed by atoms with Crippen LogP contribution in [-0.2, 0) is 31.7 Å². The van der Waals surface area contributed by atoms with Gasteiger partial charge in [0, 0.05) is 20.1 Å². The van der Waals surface area contributed by atoms with E-state index < -0.39 is 15.7 Å². The van der Waals surface area contributed by atoms with Crippen molar-refractivity contribution >= 4 is 37.3 Å². The predicted molar refractivity (Wildman–Crippen MR) is 122 cm³/mol. The molecule has 0 aliphatic rings. The molecule has 0 aliphatic heterocycles. The van der Waals surface area contributed by atoms with Crippen LogP contribution in [0.3, 0.4) is 0 Å². The molecule has 0 atom stereocenters. The van der Waals surface area contributed by atoms with Crippen LogP contribution in [0.1, 0.15) is 18.9 Å². The van der Waals surface area contributed by atoms with E-state index in [2.05, 4.69) is 4.99 Å². The second-order valence-electron chi connectivity index (χ2n) is 6.92. The van der Waals surface area contributed by atoms with Gasteiger partial charge in [-0.1, -0.05) is 41.7 Å². The van der Waals surface area contributed by atoms with Crippen molar-refractivity contribution in [2.45, 2.75) is 25.6 Å². The second-order valence-corrected chi connectivity index (χ2v) is 10.1. The number of benzene rings is 2. The van der Waals surface area contributed by atoms with E-state index in [9.17, 15) is 13.2 Å². The maximum Gasteiger partial charge on any atom is 0.249 e. The minimum Gasteiger partial charge on any atom is -0.494 e. The molecule has 0 N–H and O–H groups in total. The Hall–Kier alpha value is -2.49. The highest BCUT2D eigenvalue weighted by atomic mass is 32.2. The average molecular weight is 463 g/mol. The minimum absolute atomic E-state index is 0.0853. The third-order valence-electron chi connectivity index (χ3n) is 4.56. The monoisotopic (exact) mass is 462 g/mol. The molecule has 7 nitrogen and oxygen atoms in total. The second kappa shape index (κ2) is 10.7. The molecule has 0 radical (unpaired) electrons. The molecule has 3 aromatic rings. The van der Waals surface area contributed by atoms with Crippen molar-refractivity contribution in [1.29, 1.82) is 0 Å². The van der Waals surface area contributed by atoms with E-state index in [1.807, 2.05) is 35.8 Å². The molecule has 9 heteroatoms. The number of hydrogen-bond acceptors (Lipinski definition) is 6. The van der Waals surface area contributed by atoms with Crippen LogP contribution in [0.15, 0.2) is 53.5 Å². The van der Waals surface area contributed by atoms with Crippen molar-refractivity contribution in [3.8, 4) is 5.75 Å². The lowest BCUT2D eigenvalue weighted by Crippen LogP contribution is -2.20. The third-order valence-corrected chi connectivity index (χ3v) is 7.20. The van der Waals surface area contributed by atoms with Gasteiger partial charge in [-0.3, -0.25) is 4.79 Å². The number of hydrogen-bond donors (Lipinski definition) is 0. The van der Waals surface area contributed by atoms with Gasteiger partial charge in [-0.25, -0.2) is 8.42 Å². The molecular weight excluding hydrogens is 436 g/mol. The summed E-state index contributed by atoms with van der Waals surface area (Å²) in [6.45, 7) is 3.48. The van der Waals surface area contributed by atoms with Crippen LogP contribution < -0.4 is 9.54 Å². The van der Waals surface area contributed by atoms with Crippen LogP contribution in [0.2, 0.25) is 0 Å². The van der Waals surface area contributed by atoms with Gasteiger partial charge in [-0.15, -0.1) is 0 Å². The lowest BCUT2D eigenvalue weighted by molar-refractivity contribution is -0.117. The first-order valence-electron chi connectivity index (χ1n) is 9.99. The molecule has 0 fully saturated rings. The van der Waals surface area contributed by atoms with E-state index in [0.29, 0.717) is 30.1 Å². The molecule has 0 unspecified atom stereocenters. The highest BCUT2D eigenvalue weighted by Crippen LogP contribution is 2.23. The minimum atomic E-state index is -3.40. The fourth-order valence-corrected chi connectivity index (χ4v) is 5.53. The van der Waals surface area contributed by atoms with E-state index >= 15 is 0 Å². The molecule has 0 spiro atoms. The average Bonchev–Trinajstić information content (AvgIpc) is 3.07. The van der Waals surface area contributed by atoms with Crippen molar-refractivity contribution < 1.29 is 22.7 Å². The summed E-state index contributed by atoms with van der Waals surface area (Å²) >= 11 is 1.37. The number of thiazole rings is 1. The normalized spacial score (nSPS) is 12.4. The summed E-state index contributed by atoms with van der Waals surface area (Å²) in [4.78, 5) is 17.2. The number of sulfone groups is 1. The number of aromatic nitrogens is 1. The van der Waals surface area contributed by atoms with Gasteiger partial charge >= 0.3 is 0 Å². The summed E-state index contributed by atoms with van der Waals surface area (Å²) in [6, 6.07) is 14.7. The Morgan fingerprint density at radius 1 is 1.16 bits per heavy atom. The van der Waals surface area contributed by atoms with Crippen LogP contribution in [-0.4, -0.2) is 45.0 Å². The van der Waals surface area contributed by atoms with E-state index in [0.717, 1.165) is 16.0 Å². The molecular formula is C22H26N2O5S2. The number of nitrogens with zero attached hydrogens (tertiary/aromatic N) is 2. The first kappa shape index (κ1) is 23.2. The van der Waals surface area contributed by atoms with Crippen LogP contribution in [0.5, 0.6) is 5.75 Å². The standard InChI is InChI=1S/C22H26N2O5S2/c1-3-29-18-9-10-19-20(15-18)30-22(24(19)12-13-28-2)23-21(25)11-14-31(26,27)16-17-7-5-4-6-8-17/h4-10,15H,3,11-14,16H2,1-2H3. The van der Waals surface area contributed by atoms with E-state index in [4.69, 9.17) is 9.47 Å². The zero-order valence-electron chi connectivity index (χ0n) is 17.6. The summed E-state index contributed by atoms with van der Waals surface area (Å²) in [5.41, 5.74) is 1.63. The highest BCUT2D eigenvalue weighted by Gasteiger charge is 2.15. The van der Waals surface area contributed by atoms with Crippen LogP contribution >= 0.6 is 11.3 Å². The van der Waals surface area contributed by atoms with E-state index in [1.165, 1.54) is 11.3 Å². The van der Waals surface area contributed by atoms with Gasteiger partial charge in [-0.2, -0.15) is 4.99 Å². The smallest absolute Gasteiger partial charge is 0.249 e. The number of amides is 1. The molecule has 31 heavy (non-hydrogen) atoms. The fraction of sp³-hybridized carbons (Fsp3) is 0.364. The van der Waals surface area contributed by atoms with E-state index in [-0.39, 0.29) is 17.9 Å². The quantitative estimate of drug-likeness (QED) is 0.462. The molecule has 1 aromatic heterocycles. The zero-order valence-corrected chi connectivity index (χ0v) is 19.2. The van der Waals surface area contributed by atoms with Gasteiger partial charge in [0.05, 0.1) is 34.9 Å². The van der Waals surface area contributed by atoms with Crippen molar-refractivity contribution in [3.63, 3.8) is 0 Å². The molecule has 0 aliphatic carbocycles. The number of methoxy groups -OCH3 is 1. The third kappa shape index (κ3) is 6.49. The summed E-state index contributed by atoms with van der Waals surface area (Å²) in [7, 11) is -1.79. The van der Waals surface area contributed by atoms with Gasteiger partial charge in [0.15, 0.2) is 14.6 Å². The fourth-order valence-electron chi connectivity index (χ4n) is 3.10. The molecule has 2 aromatic carbocycles. The largest absolute Gasteiger partial charge is 0.494 e. The predicted octanol–water partition coefficient (Wildman–Crippen LogP) is 3.18. The molecule has 0 bridgehead atoms. The SMILES string of the molecule is CCOc1ccc2c(c1)sc(=NC(=O)CCS(=O)(=O)Cc1ccccc1)n2CCOC. The molecule has 1 amide bonds. The lowest BCUT2D eigenvalue weighted by atomic mass is 10.2.